The van der Waals surface area contributed by atoms with Crippen LogP contribution in [0.4, 0.5) is 31.1 Å². The summed E-state index contributed by atoms with van der Waals surface area (Å²) in [6, 6.07) is 12.7. The van der Waals surface area contributed by atoms with Crippen molar-refractivity contribution in [2.75, 3.05) is 20.8 Å². The maximum absolute atomic E-state index is 12.5. The number of hydrogen-bond donors (Lipinski definition) is 2. The minimum Gasteiger partial charge on any atom is -0.453 e. The summed E-state index contributed by atoms with van der Waals surface area (Å²) in [6.45, 7) is 2.55. The van der Waals surface area contributed by atoms with Crippen LogP contribution in [0.15, 0.2) is 48.5 Å². The number of alkyl halides is 6. The number of halogens is 6. The number of carbonyl (C=O) groups is 1. The molecule has 35 heavy (non-hydrogen) atoms. The molecule has 3 rings (SSSR count). The number of ether oxygens (including phenoxy) is 2. The summed E-state index contributed by atoms with van der Waals surface area (Å²) < 4.78 is 83.6. The van der Waals surface area contributed by atoms with Gasteiger partial charge in [-0.2, -0.15) is 26.3 Å². The van der Waals surface area contributed by atoms with Crippen molar-refractivity contribution in [3.05, 3.63) is 70.8 Å². The number of nitrogens with one attached hydrogen (secondary N) is 1. The minimum absolute atomic E-state index is 0.0892. The standard InChI is InChI=1S/C11H10F6O.C11H15N.C2H5NO2/c1-6(18-2)7-3-8(10(12,13)14)5-9(4-7)11(15,16)17;1-2-6-10(7-3-1)11-8-4-5-9-12-11;1-5-2(3)4/h3-6H,1-2H3;1-3,6-7,11-12H,4-5,8-9H2;1H3,(H2,3,4). The minimum atomic E-state index is -4.83. The molecule has 0 saturated carbocycles. The number of rotatable bonds is 3. The van der Waals surface area contributed by atoms with Crippen molar-refractivity contribution < 1.29 is 40.6 Å². The highest BCUT2D eigenvalue weighted by atomic mass is 19.4. The summed E-state index contributed by atoms with van der Waals surface area (Å²) in [6.07, 6.45) is -7.26. The first-order valence-electron chi connectivity index (χ1n) is 10.7. The van der Waals surface area contributed by atoms with E-state index in [-0.39, 0.29) is 11.6 Å². The summed E-state index contributed by atoms with van der Waals surface area (Å²) >= 11 is 0. The Hall–Kier alpha value is -2.79. The number of carbonyl (C=O) groups excluding carboxylic acids is 1. The zero-order valence-electron chi connectivity index (χ0n) is 19.7. The fourth-order valence-electron chi connectivity index (χ4n) is 3.17. The predicted molar refractivity (Wildman–Crippen MR) is 119 cm³/mol. The number of piperidine rings is 1. The molecule has 196 valence electrons. The predicted octanol–water partition coefficient (Wildman–Crippen LogP) is 6.64. The normalized spacial score (nSPS) is 16.7. The van der Waals surface area contributed by atoms with E-state index < -0.39 is 35.7 Å². The number of benzene rings is 2. The molecule has 1 heterocycles. The number of hydrogen-bond acceptors (Lipinski definition) is 4. The summed E-state index contributed by atoms with van der Waals surface area (Å²) in [5.41, 5.74) is 3.03. The van der Waals surface area contributed by atoms with Gasteiger partial charge in [-0.1, -0.05) is 36.8 Å². The summed E-state index contributed by atoms with van der Waals surface area (Å²) in [7, 11) is 2.43. The van der Waals surface area contributed by atoms with E-state index in [1.165, 1.54) is 52.5 Å². The van der Waals surface area contributed by atoms with E-state index in [1.807, 2.05) is 0 Å². The smallest absolute Gasteiger partial charge is 0.416 e. The van der Waals surface area contributed by atoms with Crippen molar-refractivity contribution in [1.29, 1.82) is 0 Å². The third-order valence-corrected chi connectivity index (χ3v) is 5.15. The Bertz CT molecular complexity index is 866. The van der Waals surface area contributed by atoms with Crippen LogP contribution in [0.3, 0.4) is 0 Å². The van der Waals surface area contributed by atoms with Crippen molar-refractivity contribution in [2.24, 2.45) is 5.73 Å². The van der Waals surface area contributed by atoms with Gasteiger partial charge in [0.2, 0.25) is 0 Å². The Labute approximate surface area is 200 Å². The maximum atomic E-state index is 12.5. The Morgan fingerprint density at radius 3 is 1.86 bits per heavy atom. The second kappa shape index (κ2) is 13.9. The van der Waals surface area contributed by atoms with E-state index in [4.69, 9.17) is 4.74 Å². The van der Waals surface area contributed by atoms with Crippen LogP contribution in [-0.2, 0) is 21.8 Å². The number of nitrogens with two attached hydrogens (primary N) is 1. The van der Waals surface area contributed by atoms with Crippen molar-refractivity contribution in [1.82, 2.24) is 5.32 Å². The fraction of sp³-hybridized carbons (Fsp3) is 0.458. The number of amides is 1. The van der Waals surface area contributed by atoms with Crippen LogP contribution in [0.1, 0.15) is 60.6 Å². The first-order chi connectivity index (χ1) is 16.3. The lowest BCUT2D eigenvalue weighted by molar-refractivity contribution is -0.143. The van der Waals surface area contributed by atoms with Gasteiger partial charge in [-0.15, -0.1) is 0 Å². The first-order valence-corrected chi connectivity index (χ1v) is 10.7. The third-order valence-electron chi connectivity index (χ3n) is 5.15. The molecule has 1 fully saturated rings. The van der Waals surface area contributed by atoms with Gasteiger partial charge < -0.3 is 20.5 Å². The van der Waals surface area contributed by atoms with Crippen LogP contribution in [0, 0.1) is 0 Å². The zero-order valence-corrected chi connectivity index (χ0v) is 19.7. The highest BCUT2D eigenvalue weighted by molar-refractivity contribution is 5.64. The van der Waals surface area contributed by atoms with Gasteiger partial charge in [-0.25, -0.2) is 4.79 Å². The largest absolute Gasteiger partial charge is 0.453 e. The maximum Gasteiger partial charge on any atom is 0.416 e. The second-order valence-corrected chi connectivity index (χ2v) is 7.65. The van der Waals surface area contributed by atoms with Gasteiger partial charge in [0.25, 0.3) is 0 Å². The molecule has 11 heteroatoms. The van der Waals surface area contributed by atoms with Gasteiger partial charge in [0.05, 0.1) is 24.3 Å². The van der Waals surface area contributed by atoms with Gasteiger partial charge in [-0.3, -0.25) is 0 Å². The lowest BCUT2D eigenvalue weighted by Gasteiger charge is -2.23. The van der Waals surface area contributed by atoms with Crippen LogP contribution in [0.25, 0.3) is 0 Å². The molecule has 2 aromatic carbocycles. The topological polar surface area (TPSA) is 73.6 Å². The average molecular weight is 509 g/mol. The van der Waals surface area contributed by atoms with E-state index in [2.05, 4.69) is 46.1 Å². The van der Waals surface area contributed by atoms with E-state index in [0.29, 0.717) is 18.2 Å². The van der Waals surface area contributed by atoms with Gasteiger partial charge in [0, 0.05) is 13.2 Å². The molecule has 0 aromatic heterocycles. The van der Waals surface area contributed by atoms with E-state index in [1.54, 1.807) is 0 Å². The van der Waals surface area contributed by atoms with Crippen LogP contribution in [-0.4, -0.2) is 26.9 Å². The van der Waals surface area contributed by atoms with Crippen molar-refractivity contribution in [3.63, 3.8) is 0 Å². The fourth-order valence-corrected chi connectivity index (χ4v) is 3.17. The van der Waals surface area contributed by atoms with Gasteiger partial charge in [0.15, 0.2) is 0 Å². The molecule has 1 aliphatic heterocycles. The Morgan fingerprint density at radius 2 is 1.49 bits per heavy atom. The molecule has 0 radical (unpaired) electrons. The second-order valence-electron chi connectivity index (χ2n) is 7.65. The van der Waals surface area contributed by atoms with Crippen LogP contribution in [0.2, 0.25) is 0 Å². The molecule has 1 aliphatic rings. The van der Waals surface area contributed by atoms with Gasteiger partial charge >= 0.3 is 18.4 Å². The van der Waals surface area contributed by atoms with Crippen molar-refractivity contribution in [3.8, 4) is 0 Å². The molecular weight excluding hydrogens is 478 g/mol. The Balaban J connectivity index is 0.000000308. The molecule has 1 amide bonds. The quantitative estimate of drug-likeness (QED) is 0.456. The SMILES string of the molecule is COC(C)c1cc(C(F)(F)F)cc(C(F)(F)F)c1.COC(N)=O.c1ccc(C2CCCCN2)cc1. The van der Waals surface area contributed by atoms with E-state index in [0.717, 1.165) is 0 Å². The van der Waals surface area contributed by atoms with Crippen LogP contribution >= 0.6 is 0 Å². The van der Waals surface area contributed by atoms with E-state index in [9.17, 15) is 31.1 Å². The summed E-state index contributed by atoms with van der Waals surface area (Å²) in [5, 5.41) is 3.54. The molecule has 1 saturated heterocycles. The Morgan fingerprint density at radius 1 is 0.971 bits per heavy atom. The first kappa shape index (κ1) is 30.2. The van der Waals surface area contributed by atoms with Crippen LogP contribution in [0.5, 0.6) is 0 Å². The number of primary amides is 1. The van der Waals surface area contributed by atoms with Crippen LogP contribution < -0.4 is 11.1 Å². The molecule has 2 unspecified atom stereocenters. The van der Waals surface area contributed by atoms with E-state index >= 15 is 0 Å². The molecule has 0 spiro atoms. The zero-order chi connectivity index (χ0) is 26.6. The molecule has 0 aliphatic carbocycles. The Kier molecular flexibility index (Phi) is 12.0. The lowest BCUT2D eigenvalue weighted by atomic mass is 9.98. The number of methoxy groups -OCH3 is 2. The third kappa shape index (κ3) is 11.0. The summed E-state index contributed by atoms with van der Waals surface area (Å²) in [4.78, 5) is 9.37. The van der Waals surface area contributed by atoms with Gasteiger partial charge in [0.1, 0.15) is 0 Å². The highest BCUT2D eigenvalue weighted by Gasteiger charge is 2.37. The molecule has 2 aromatic rings. The van der Waals surface area contributed by atoms with Gasteiger partial charge in [-0.05, 0) is 55.6 Å². The van der Waals surface area contributed by atoms with Crippen molar-refractivity contribution >= 4 is 6.09 Å². The molecule has 3 N–H and O–H groups in total. The molecule has 2 atom stereocenters. The molecule has 5 nitrogen and oxygen atoms in total. The molecular formula is C24H30F6N2O3. The average Bonchev–Trinajstić information content (AvgIpc) is 2.84. The molecule has 0 bridgehead atoms. The summed E-state index contributed by atoms with van der Waals surface area (Å²) in [5.74, 6) is 0. The van der Waals surface area contributed by atoms with Crippen molar-refractivity contribution in [2.45, 2.75) is 50.7 Å². The lowest BCUT2D eigenvalue weighted by Crippen LogP contribution is -2.26. The highest BCUT2D eigenvalue weighted by Crippen LogP contribution is 2.37. The monoisotopic (exact) mass is 508 g/mol.